The van der Waals surface area contributed by atoms with Gasteiger partial charge in [-0.15, -0.1) is 0 Å². The Balaban J connectivity index is 1.86. The minimum absolute atomic E-state index is 0.0766. The maximum atomic E-state index is 11.6. The van der Waals surface area contributed by atoms with Crippen LogP contribution in [0.5, 0.6) is 11.5 Å². The van der Waals surface area contributed by atoms with E-state index in [0.717, 1.165) is 16.5 Å². The van der Waals surface area contributed by atoms with Gasteiger partial charge in [-0.05, 0) is 52.0 Å². The highest BCUT2D eigenvalue weighted by molar-refractivity contribution is 9.10. The zero-order chi connectivity index (χ0) is 20.0. The molecule has 1 N–H and O–H groups in total. The van der Waals surface area contributed by atoms with Crippen LogP contribution in [0.25, 0.3) is 0 Å². The molecule has 2 aromatic rings. The standard InChI is InChI=1S/C20H18BrClN2O4/c1-27-16-9-10(8-13(21)20(16)28-2)18-12-5-3-4-11(12)17-15(24(25)26)7-6-14(22)19(17)23-18/h3-4,6-9,11-12,18,23H,5H2,1-2H3/t11-,12-,18-/m0/s1. The number of anilines is 1. The van der Waals surface area contributed by atoms with E-state index in [1.54, 1.807) is 20.3 Å². The highest BCUT2D eigenvalue weighted by Crippen LogP contribution is 2.55. The number of benzene rings is 2. The largest absolute Gasteiger partial charge is 0.493 e. The molecule has 28 heavy (non-hydrogen) atoms. The van der Waals surface area contributed by atoms with Crippen molar-refractivity contribution in [2.45, 2.75) is 18.4 Å². The molecule has 0 radical (unpaired) electrons. The van der Waals surface area contributed by atoms with Crippen LogP contribution in [0.3, 0.4) is 0 Å². The predicted molar refractivity (Wildman–Crippen MR) is 112 cm³/mol. The van der Waals surface area contributed by atoms with Crippen molar-refractivity contribution in [3.63, 3.8) is 0 Å². The van der Waals surface area contributed by atoms with Crippen molar-refractivity contribution in [1.82, 2.24) is 0 Å². The summed E-state index contributed by atoms with van der Waals surface area (Å²) in [5, 5.41) is 15.5. The zero-order valence-electron chi connectivity index (χ0n) is 15.2. The van der Waals surface area contributed by atoms with Crippen molar-refractivity contribution in [3.8, 4) is 11.5 Å². The third kappa shape index (κ3) is 2.93. The molecule has 1 aliphatic carbocycles. The summed E-state index contributed by atoms with van der Waals surface area (Å²) in [6, 6.07) is 6.91. The number of nitrogens with one attached hydrogen (secondary N) is 1. The van der Waals surface area contributed by atoms with Crippen LogP contribution < -0.4 is 14.8 Å². The van der Waals surface area contributed by atoms with Gasteiger partial charge in [0, 0.05) is 12.0 Å². The molecule has 0 bridgehead atoms. The van der Waals surface area contributed by atoms with E-state index in [1.807, 2.05) is 12.1 Å². The van der Waals surface area contributed by atoms with E-state index in [-0.39, 0.29) is 28.5 Å². The molecule has 0 saturated heterocycles. The summed E-state index contributed by atoms with van der Waals surface area (Å²) in [4.78, 5) is 11.3. The fourth-order valence-electron chi connectivity index (χ4n) is 4.26. The van der Waals surface area contributed by atoms with Crippen LogP contribution in [-0.2, 0) is 0 Å². The average molecular weight is 466 g/mol. The lowest BCUT2D eigenvalue weighted by Gasteiger charge is -2.37. The molecule has 0 spiro atoms. The molecule has 3 atom stereocenters. The molecule has 4 rings (SSSR count). The molecule has 2 aromatic carbocycles. The van der Waals surface area contributed by atoms with Crippen LogP contribution in [0.1, 0.15) is 29.5 Å². The van der Waals surface area contributed by atoms with Gasteiger partial charge in [0.05, 0.1) is 45.9 Å². The monoisotopic (exact) mass is 464 g/mol. The van der Waals surface area contributed by atoms with Crippen molar-refractivity contribution >= 4 is 38.9 Å². The Labute approximate surface area is 175 Å². The first kappa shape index (κ1) is 19.1. The molecule has 146 valence electrons. The van der Waals surface area contributed by atoms with Crippen LogP contribution in [-0.4, -0.2) is 19.1 Å². The molecule has 6 nitrogen and oxygen atoms in total. The summed E-state index contributed by atoms with van der Waals surface area (Å²) in [7, 11) is 3.19. The van der Waals surface area contributed by atoms with Gasteiger partial charge in [-0.25, -0.2) is 0 Å². The Morgan fingerprint density at radius 1 is 1.29 bits per heavy atom. The molecule has 1 heterocycles. The second-order valence-corrected chi connectivity index (χ2v) is 8.09. The first-order valence-corrected chi connectivity index (χ1v) is 9.94. The van der Waals surface area contributed by atoms with E-state index in [4.69, 9.17) is 21.1 Å². The third-order valence-corrected chi connectivity index (χ3v) is 6.36. The summed E-state index contributed by atoms with van der Waals surface area (Å²) in [6.07, 6.45) is 4.95. The van der Waals surface area contributed by atoms with Gasteiger partial charge in [0.25, 0.3) is 5.69 Å². The van der Waals surface area contributed by atoms with Gasteiger partial charge in [0.15, 0.2) is 11.5 Å². The number of allylic oxidation sites excluding steroid dienone is 2. The zero-order valence-corrected chi connectivity index (χ0v) is 17.6. The number of ether oxygens (including phenoxy) is 2. The Morgan fingerprint density at radius 3 is 2.75 bits per heavy atom. The van der Waals surface area contributed by atoms with Gasteiger partial charge >= 0.3 is 0 Å². The molecule has 0 saturated carbocycles. The van der Waals surface area contributed by atoms with E-state index < -0.39 is 0 Å². The van der Waals surface area contributed by atoms with Crippen molar-refractivity contribution < 1.29 is 14.4 Å². The maximum Gasteiger partial charge on any atom is 0.275 e. The number of nitro groups is 1. The number of hydrogen-bond donors (Lipinski definition) is 1. The van der Waals surface area contributed by atoms with Crippen LogP contribution in [0, 0.1) is 16.0 Å². The van der Waals surface area contributed by atoms with Crippen LogP contribution in [0.15, 0.2) is 40.9 Å². The van der Waals surface area contributed by atoms with Gasteiger partial charge < -0.3 is 14.8 Å². The number of nitrogens with zero attached hydrogens (tertiary/aromatic N) is 1. The highest BCUT2D eigenvalue weighted by Gasteiger charge is 2.42. The van der Waals surface area contributed by atoms with Crippen LogP contribution in [0.4, 0.5) is 11.4 Å². The average Bonchev–Trinajstić information content (AvgIpc) is 3.16. The Hall–Kier alpha value is -2.25. The predicted octanol–water partition coefficient (Wildman–Crippen LogP) is 5.85. The van der Waals surface area contributed by atoms with Crippen molar-refractivity contribution in [3.05, 3.63) is 67.2 Å². The van der Waals surface area contributed by atoms with Crippen molar-refractivity contribution in [2.24, 2.45) is 5.92 Å². The van der Waals surface area contributed by atoms with Gasteiger partial charge in [-0.3, -0.25) is 10.1 Å². The lowest BCUT2D eigenvalue weighted by Crippen LogP contribution is -2.30. The number of fused-ring (bicyclic) bond motifs is 3. The molecule has 0 unspecified atom stereocenters. The Kier molecular flexibility index (Phi) is 4.97. The van der Waals surface area contributed by atoms with E-state index in [2.05, 4.69) is 33.4 Å². The second-order valence-electron chi connectivity index (χ2n) is 6.83. The Bertz CT molecular complexity index is 995. The van der Waals surface area contributed by atoms with Crippen molar-refractivity contribution in [2.75, 3.05) is 19.5 Å². The van der Waals surface area contributed by atoms with Gasteiger partial charge in [0.1, 0.15) is 0 Å². The SMILES string of the molecule is COc1cc([C@@H]2Nc3c(Cl)ccc([N+](=O)[O-])c3[C@H]3C=CC[C@@H]32)cc(Br)c1OC. The highest BCUT2D eigenvalue weighted by atomic mass is 79.9. The first-order chi connectivity index (χ1) is 13.5. The summed E-state index contributed by atoms with van der Waals surface area (Å²) in [5.41, 5.74) is 2.38. The van der Waals surface area contributed by atoms with Gasteiger partial charge in [-0.2, -0.15) is 0 Å². The fourth-order valence-corrected chi connectivity index (χ4v) is 5.10. The number of methoxy groups -OCH3 is 2. The van der Waals surface area contributed by atoms with Gasteiger partial charge in [0.2, 0.25) is 0 Å². The minimum Gasteiger partial charge on any atom is -0.493 e. The topological polar surface area (TPSA) is 73.6 Å². The number of rotatable bonds is 4. The fraction of sp³-hybridized carbons (Fsp3) is 0.300. The van der Waals surface area contributed by atoms with E-state index in [9.17, 15) is 10.1 Å². The number of hydrogen-bond acceptors (Lipinski definition) is 5. The van der Waals surface area contributed by atoms with E-state index in [1.165, 1.54) is 6.07 Å². The number of halogens is 2. The molecule has 0 fully saturated rings. The lowest BCUT2D eigenvalue weighted by atomic mass is 9.76. The molecular formula is C20H18BrClN2O4. The molecule has 0 aromatic heterocycles. The molecule has 0 amide bonds. The third-order valence-electron chi connectivity index (χ3n) is 5.46. The molecular weight excluding hydrogens is 448 g/mol. The van der Waals surface area contributed by atoms with E-state index in [0.29, 0.717) is 27.8 Å². The minimum atomic E-state index is -0.340. The molecule has 8 heteroatoms. The smallest absolute Gasteiger partial charge is 0.275 e. The lowest BCUT2D eigenvalue weighted by molar-refractivity contribution is -0.385. The second kappa shape index (κ2) is 7.29. The quantitative estimate of drug-likeness (QED) is 0.348. The molecule has 2 aliphatic rings. The van der Waals surface area contributed by atoms with Crippen molar-refractivity contribution in [1.29, 1.82) is 0 Å². The van der Waals surface area contributed by atoms with Gasteiger partial charge in [-0.1, -0.05) is 23.8 Å². The first-order valence-electron chi connectivity index (χ1n) is 8.77. The summed E-state index contributed by atoms with van der Waals surface area (Å²) >= 11 is 9.99. The summed E-state index contributed by atoms with van der Waals surface area (Å²) in [6.45, 7) is 0. The van der Waals surface area contributed by atoms with Crippen LogP contribution in [0.2, 0.25) is 5.02 Å². The summed E-state index contributed by atoms with van der Waals surface area (Å²) < 4.78 is 11.7. The normalized spacial score (nSPS) is 22.2. The maximum absolute atomic E-state index is 11.6. The summed E-state index contributed by atoms with van der Waals surface area (Å²) in [5.74, 6) is 1.30. The van der Waals surface area contributed by atoms with E-state index >= 15 is 0 Å². The Morgan fingerprint density at radius 2 is 2.07 bits per heavy atom. The van der Waals surface area contributed by atoms with Crippen LogP contribution >= 0.6 is 27.5 Å². The number of nitro benzene ring substituents is 1. The molecule has 1 aliphatic heterocycles.